The summed E-state index contributed by atoms with van der Waals surface area (Å²) in [6.07, 6.45) is 0. The van der Waals surface area contributed by atoms with Gasteiger partial charge in [0.1, 0.15) is 0 Å². The Labute approximate surface area is 40.7 Å². The number of nitrogens with zero attached hydrogens (tertiary/aromatic N) is 3. The fourth-order valence-electron chi connectivity index (χ4n) is 0.0949. The molecule has 0 aliphatic rings. The Kier molecular flexibility index (Phi) is 2.76. The van der Waals surface area contributed by atoms with Gasteiger partial charge in [-0.1, -0.05) is 11.7 Å². The Bertz CT molecular complexity index is 113. The van der Waals surface area contributed by atoms with Crippen LogP contribution in [0.1, 0.15) is 0 Å². The summed E-state index contributed by atoms with van der Waals surface area (Å²) in [5.74, 6) is 0. The molecule has 0 amide bonds. The fourth-order valence-corrected chi connectivity index (χ4v) is 0.0949. The van der Waals surface area contributed by atoms with Gasteiger partial charge in [-0.05, 0) is 5.53 Å². The number of azide groups is 1. The molecule has 0 aromatic carbocycles. The summed E-state index contributed by atoms with van der Waals surface area (Å²) < 4.78 is 0. The van der Waals surface area contributed by atoms with Gasteiger partial charge in [0, 0.05) is 10.6 Å². The number of aliphatic hydroxyl groups is 1. The van der Waals surface area contributed by atoms with Crippen molar-refractivity contribution in [3.8, 4) is 0 Å². The summed E-state index contributed by atoms with van der Waals surface area (Å²) in [6, 6.07) is 0. The van der Waals surface area contributed by atoms with E-state index in [0.29, 0.717) is 0 Å². The summed E-state index contributed by atoms with van der Waals surface area (Å²) in [5, 5.41) is 11.1. The van der Waals surface area contributed by atoms with Crippen molar-refractivity contribution < 1.29 is 5.11 Å². The van der Waals surface area contributed by atoms with E-state index >= 15 is 0 Å². The lowest BCUT2D eigenvalue weighted by atomic mass is 10.6. The third kappa shape index (κ3) is 2.82. The molecule has 0 saturated carbocycles. The van der Waals surface area contributed by atoms with Crippen LogP contribution >= 0.6 is 0 Å². The van der Waals surface area contributed by atoms with Crippen molar-refractivity contribution in [1.29, 1.82) is 0 Å². The van der Waals surface area contributed by atoms with Crippen molar-refractivity contribution in [3.05, 3.63) is 22.7 Å². The molecule has 0 saturated heterocycles. The van der Waals surface area contributed by atoms with Crippen molar-refractivity contribution in [2.45, 2.75) is 0 Å². The lowest BCUT2D eigenvalue weighted by molar-refractivity contribution is 0.330. The second-order valence-corrected chi connectivity index (χ2v) is 0.914. The van der Waals surface area contributed by atoms with E-state index in [-0.39, 0.29) is 12.3 Å². The fraction of sp³-hybridized carbons (Fsp3) is 0.333. The highest BCUT2D eigenvalue weighted by molar-refractivity contribution is 4.89. The third-order valence-electron chi connectivity index (χ3n) is 0.369. The molecular weight excluding hydrogens is 94.1 g/mol. The Morgan fingerprint density at radius 2 is 2.57 bits per heavy atom. The maximum atomic E-state index is 8.10. The smallest absolute Gasteiger partial charge is 0.0701 e. The van der Waals surface area contributed by atoms with Crippen LogP contribution in [0.25, 0.3) is 10.4 Å². The maximum absolute atomic E-state index is 8.10. The standard InChI is InChI=1S/C3H5N3O/c1-3(2-7)5-6-4/h7H,1-2H2. The highest BCUT2D eigenvalue weighted by Crippen LogP contribution is 1.86. The van der Waals surface area contributed by atoms with Crippen molar-refractivity contribution in [3.63, 3.8) is 0 Å². The van der Waals surface area contributed by atoms with Crippen LogP contribution in [0.2, 0.25) is 0 Å². The molecule has 0 heterocycles. The van der Waals surface area contributed by atoms with Gasteiger partial charge in [-0.15, -0.1) is 0 Å². The first kappa shape index (κ1) is 6.01. The van der Waals surface area contributed by atoms with Crippen LogP contribution in [0.15, 0.2) is 17.4 Å². The van der Waals surface area contributed by atoms with Crippen molar-refractivity contribution in [1.82, 2.24) is 0 Å². The van der Waals surface area contributed by atoms with Crippen molar-refractivity contribution in [2.75, 3.05) is 6.61 Å². The monoisotopic (exact) mass is 99.0 g/mol. The first-order valence-corrected chi connectivity index (χ1v) is 1.65. The number of rotatable bonds is 2. The van der Waals surface area contributed by atoms with Gasteiger partial charge in [-0.2, -0.15) is 0 Å². The van der Waals surface area contributed by atoms with Crippen LogP contribution in [0, 0.1) is 0 Å². The molecule has 0 radical (unpaired) electrons. The minimum atomic E-state index is -0.274. The zero-order valence-electron chi connectivity index (χ0n) is 3.70. The van der Waals surface area contributed by atoms with Crippen LogP contribution in [-0.2, 0) is 0 Å². The van der Waals surface area contributed by atoms with E-state index in [0.717, 1.165) is 0 Å². The summed E-state index contributed by atoms with van der Waals surface area (Å²) in [6.45, 7) is 2.92. The average Bonchev–Trinajstić information content (AvgIpc) is 1.68. The Morgan fingerprint density at radius 3 is 2.71 bits per heavy atom. The van der Waals surface area contributed by atoms with Crippen LogP contribution in [-0.4, -0.2) is 11.7 Å². The normalized spacial score (nSPS) is 7.00. The first-order chi connectivity index (χ1) is 3.31. The predicted molar refractivity (Wildman–Crippen MR) is 25.4 cm³/mol. The molecule has 1 N–H and O–H groups in total. The van der Waals surface area contributed by atoms with Crippen LogP contribution in [0.3, 0.4) is 0 Å². The quantitative estimate of drug-likeness (QED) is 0.310. The van der Waals surface area contributed by atoms with Crippen LogP contribution in [0.4, 0.5) is 0 Å². The lowest BCUT2D eigenvalue weighted by Crippen LogP contribution is -1.78. The second-order valence-electron chi connectivity index (χ2n) is 0.914. The first-order valence-electron chi connectivity index (χ1n) is 1.65. The minimum Gasteiger partial charge on any atom is -0.392 e. The average molecular weight is 99.1 g/mol. The molecule has 7 heavy (non-hydrogen) atoms. The summed E-state index contributed by atoms with van der Waals surface area (Å²) >= 11 is 0. The summed E-state index contributed by atoms with van der Waals surface area (Å²) in [4.78, 5) is 2.37. The molecule has 0 aromatic heterocycles. The molecule has 4 nitrogen and oxygen atoms in total. The van der Waals surface area contributed by atoms with Gasteiger partial charge in [0.15, 0.2) is 0 Å². The van der Waals surface area contributed by atoms with E-state index < -0.39 is 0 Å². The molecule has 0 bridgehead atoms. The van der Waals surface area contributed by atoms with Gasteiger partial charge >= 0.3 is 0 Å². The highest BCUT2D eigenvalue weighted by Gasteiger charge is 1.78. The topological polar surface area (TPSA) is 69.0 Å². The zero-order valence-corrected chi connectivity index (χ0v) is 3.70. The minimum absolute atomic E-state index is 0.141. The van der Waals surface area contributed by atoms with E-state index in [1.54, 1.807) is 0 Å². The van der Waals surface area contributed by atoms with Gasteiger partial charge in [0.25, 0.3) is 0 Å². The van der Waals surface area contributed by atoms with Gasteiger partial charge in [-0.25, -0.2) is 0 Å². The maximum Gasteiger partial charge on any atom is 0.0701 e. The summed E-state index contributed by atoms with van der Waals surface area (Å²) in [5.41, 5.74) is 7.80. The van der Waals surface area contributed by atoms with E-state index in [2.05, 4.69) is 16.6 Å². The molecule has 4 heteroatoms. The Hall–Kier alpha value is -0.990. The van der Waals surface area contributed by atoms with E-state index in [1.807, 2.05) is 0 Å². The molecular formula is C3H5N3O. The van der Waals surface area contributed by atoms with Crippen LogP contribution < -0.4 is 0 Å². The molecule has 0 rings (SSSR count). The largest absolute Gasteiger partial charge is 0.392 e. The Morgan fingerprint density at radius 1 is 2.00 bits per heavy atom. The second kappa shape index (κ2) is 3.21. The van der Waals surface area contributed by atoms with E-state index in [4.69, 9.17) is 10.6 Å². The van der Waals surface area contributed by atoms with Crippen molar-refractivity contribution in [2.24, 2.45) is 5.11 Å². The molecule has 0 spiro atoms. The zero-order chi connectivity index (χ0) is 5.70. The van der Waals surface area contributed by atoms with Gasteiger partial charge < -0.3 is 5.11 Å². The highest BCUT2D eigenvalue weighted by atomic mass is 16.3. The molecule has 0 aliphatic heterocycles. The number of hydrogen-bond donors (Lipinski definition) is 1. The third-order valence-corrected chi connectivity index (χ3v) is 0.369. The number of aliphatic hydroxyl groups excluding tert-OH is 1. The molecule has 0 fully saturated rings. The van der Waals surface area contributed by atoms with E-state index in [9.17, 15) is 0 Å². The van der Waals surface area contributed by atoms with Crippen molar-refractivity contribution >= 4 is 0 Å². The number of hydrogen-bond acceptors (Lipinski definition) is 2. The molecule has 0 atom stereocenters. The van der Waals surface area contributed by atoms with Gasteiger partial charge in [0.05, 0.1) is 6.61 Å². The predicted octanol–water partition coefficient (Wildman–Crippen LogP) is 0.803. The SMILES string of the molecule is C=C(CO)N=[N+]=[N-]. The molecule has 0 aliphatic carbocycles. The van der Waals surface area contributed by atoms with Gasteiger partial charge in [-0.3, -0.25) is 0 Å². The molecule has 0 unspecified atom stereocenters. The van der Waals surface area contributed by atoms with E-state index in [1.165, 1.54) is 0 Å². The van der Waals surface area contributed by atoms with Crippen LogP contribution in [0.5, 0.6) is 0 Å². The summed E-state index contributed by atoms with van der Waals surface area (Å²) in [7, 11) is 0. The van der Waals surface area contributed by atoms with Gasteiger partial charge in [0.2, 0.25) is 0 Å². The lowest BCUT2D eigenvalue weighted by Gasteiger charge is -1.81. The molecule has 38 valence electrons. The Balaban J connectivity index is 3.58. The molecule has 0 aromatic rings.